The molecule has 0 aliphatic rings. The van der Waals surface area contributed by atoms with Gasteiger partial charge in [-0.25, -0.2) is 4.79 Å². The molecule has 2 aromatic heterocycles. The van der Waals surface area contributed by atoms with Gasteiger partial charge in [-0.3, -0.25) is 9.59 Å². The van der Waals surface area contributed by atoms with E-state index in [0.717, 1.165) is 16.9 Å². The summed E-state index contributed by atoms with van der Waals surface area (Å²) in [5.74, 6) is -0.934. The van der Waals surface area contributed by atoms with Crippen molar-refractivity contribution >= 4 is 28.2 Å². The summed E-state index contributed by atoms with van der Waals surface area (Å²) in [7, 11) is 0. The fraction of sp³-hybridized carbons (Fsp3) is 0.267. The maximum atomic E-state index is 12.1. The van der Waals surface area contributed by atoms with E-state index in [0.29, 0.717) is 15.6 Å². The number of aromatic nitrogens is 1. The highest BCUT2D eigenvalue weighted by molar-refractivity contribution is 7.18. The van der Waals surface area contributed by atoms with Gasteiger partial charge in [0.15, 0.2) is 5.43 Å². The Balaban J connectivity index is 2.20. The minimum Gasteiger partial charge on any atom is -0.462 e. The summed E-state index contributed by atoms with van der Waals surface area (Å²) in [6, 6.07) is 3.04. The Kier molecular flexibility index (Phi) is 4.77. The minimum absolute atomic E-state index is 0.0225. The van der Waals surface area contributed by atoms with Crippen LogP contribution in [0.3, 0.4) is 0 Å². The van der Waals surface area contributed by atoms with Gasteiger partial charge in [-0.2, -0.15) is 0 Å². The van der Waals surface area contributed by atoms with E-state index < -0.39 is 11.9 Å². The van der Waals surface area contributed by atoms with Crippen LogP contribution in [-0.4, -0.2) is 23.5 Å². The lowest BCUT2D eigenvalue weighted by Gasteiger charge is -2.02. The third-order valence-corrected chi connectivity index (χ3v) is 4.05. The number of carbonyl (C=O) groups is 2. The van der Waals surface area contributed by atoms with E-state index in [1.54, 1.807) is 26.8 Å². The zero-order valence-electron chi connectivity index (χ0n) is 12.5. The first-order valence-electron chi connectivity index (χ1n) is 6.70. The molecule has 2 heterocycles. The first-order chi connectivity index (χ1) is 10.4. The maximum absolute atomic E-state index is 12.1. The van der Waals surface area contributed by atoms with Crippen molar-refractivity contribution in [2.24, 2.45) is 0 Å². The summed E-state index contributed by atoms with van der Waals surface area (Å²) in [4.78, 5) is 38.9. The fourth-order valence-electron chi connectivity index (χ4n) is 1.87. The number of esters is 1. The zero-order chi connectivity index (χ0) is 16.3. The van der Waals surface area contributed by atoms with Gasteiger partial charge in [-0.05, 0) is 32.4 Å². The highest BCUT2D eigenvalue weighted by Gasteiger charge is 2.17. The summed E-state index contributed by atoms with van der Waals surface area (Å²) in [5.41, 5.74) is 1.07. The molecule has 0 saturated heterocycles. The highest BCUT2D eigenvalue weighted by atomic mass is 32.1. The summed E-state index contributed by atoms with van der Waals surface area (Å²) in [6.45, 7) is 5.51. The van der Waals surface area contributed by atoms with Gasteiger partial charge in [0.2, 0.25) is 0 Å². The van der Waals surface area contributed by atoms with Crippen LogP contribution >= 0.6 is 11.3 Å². The van der Waals surface area contributed by atoms with E-state index in [-0.39, 0.29) is 17.6 Å². The Hall–Kier alpha value is -2.41. The molecule has 0 atom stereocenters. The molecular formula is C15H16N2O4S. The number of aryl methyl sites for hydroxylation is 2. The number of anilines is 1. The molecular weight excluding hydrogens is 304 g/mol. The normalized spacial score (nSPS) is 10.3. The molecule has 2 N–H and O–H groups in total. The average Bonchev–Trinajstić information content (AvgIpc) is 2.79. The number of H-pyrrole nitrogens is 1. The van der Waals surface area contributed by atoms with E-state index in [2.05, 4.69) is 10.3 Å². The van der Waals surface area contributed by atoms with Crippen molar-refractivity contribution in [3.8, 4) is 0 Å². The molecule has 0 fully saturated rings. The number of carbonyl (C=O) groups excluding carboxylic acids is 2. The second kappa shape index (κ2) is 6.57. The standard InChI is InChI=1S/C15H16N2O4S/c1-4-21-15(20)13-8(2)5-12(22-13)17-14(19)10-7-16-9(3)6-11(10)18/h5-7H,4H2,1-3H3,(H,16,18)(H,17,19). The summed E-state index contributed by atoms with van der Waals surface area (Å²) in [5, 5.41) is 3.12. The molecule has 7 heteroatoms. The minimum atomic E-state index is -0.516. The molecule has 0 aliphatic heterocycles. The van der Waals surface area contributed by atoms with Crippen LogP contribution in [0.15, 0.2) is 23.1 Å². The molecule has 6 nitrogen and oxygen atoms in total. The Bertz CT molecular complexity index is 776. The van der Waals surface area contributed by atoms with Gasteiger partial charge in [-0.1, -0.05) is 0 Å². The van der Waals surface area contributed by atoms with Crippen LogP contribution in [0, 0.1) is 13.8 Å². The van der Waals surface area contributed by atoms with Gasteiger partial charge in [0.25, 0.3) is 5.91 Å². The molecule has 1 amide bonds. The average molecular weight is 320 g/mol. The van der Waals surface area contributed by atoms with Gasteiger partial charge in [0.1, 0.15) is 10.4 Å². The molecule has 0 aromatic carbocycles. The van der Waals surface area contributed by atoms with Crippen LogP contribution in [-0.2, 0) is 4.74 Å². The number of amides is 1. The van der Waals surface area contributed by atoms with Crippen molar-refractivity contribution in [2.75, 3.05) is 11.9 Å². The van der Waals surface area contributed by atoms with E-state index in [4.69, 9.17) is 4.74 Å². The number of aromatic amines is 1. The SMILES string of the molecule is CCOC(=O)c1sc(NC(=O)c2c[nH]c(C)cc2=O)cc1C. The van der Waals surface area contributed by atoms with Crippen molar-refractivity contribution in [1.82, 2.24) is 4.98 Å². The molecule has 0 radical (unpaired) electrons. The molecule has 2 rings (SSSR count). The van der Waals surface area contributed by atoms with E-state index in [1.807, 2.05) is 0 Å². The largest absolute Gasteiger partial charge is 0.462 e. The fourth-order valence-corrected chi connectivity index (χ4v) is 2.83. The number of nitrogens with one attached hydrogen (secondary N) is 2. The number of hydrogen-bond acceptors (Lipinski definition) is 5. The second-order valence-corrected chi connectivity index (χ2v) is 5.74. The molecule has 0 aliphatic carbocycles. The van der Waals surface area contributed by atoms with Gasteiger partial charge in [0, 0.05) is 18.0 Å². The smallest absolute Gasteiger partial charge is 0.348 e. The van der Waals surface area contributed by atoms with E-state index in [9.17, 15) is 14.4 Å². The lowest BCUT2D eigenvalue weighted by molar-refractivity contribution is 0.0531. The van der Waals surface area contributed by atoms with E-state index >= 15 is 0 Å². The molecule has 22 heavy (non-hydrogen) atoms. The monoisotopic (exact) mass is 320 g/mol. The number of pyridine rings is 1. The summed E-state index contributed by atoms with van der Waals surface area (Å²) in [6.07, 6.45) is 1.37. The Morgan fingerprint density at radius 3 is 2.68 bits per heavy atom. The third-order valence-electron chi connectivity index (χ3n) is 2.92. The quantitative estimate of drug-likeness (QED) is 0.847. The van der Waals surface area contributed by atoms with Crippen molar-refractivity contribution in [1.29, 1.82) is 0 Å². The first kappa shape index (κ1) is 16.0. The summed E-state index contributed by atoms with van der Waals surface area (Å²) >= 11 is 1.12. The van der Waals surface area contributed by atoms with Crippen LogP contribution in [0.25, 0.3) is 0 Å². The molecule has 116 valence electrons. The van der Waals surface area contributed by atoms with Crippen LogP contribution in [0.4, 0.5) is 5.00 Å². The molecule has 0 spiro atoms. The van der Waals surface area contributed by atoms with Crippen molar-refractivity contribution in [2.45, 2.75) is 20.8 Å². The number of hydrogen-bond donors (Lipinski definition) is 2. The van der Waals surface area contributed by atoms with Crippen LogP contribution in [0.2, 0.25) is 0 Å². The van der Waals surface area contributed by atoms with Crippen molar-refractivity contribution < 1.29 is 14.3 Å². The second-order valence-electron chi connectivity index (χ2n) is 4.69. The lowest BCUT2D eigenvalue weighted by Crippen LogP contribution is -2.21. The molecule has 0 bridgehead atoms. The Labute approximate surface area is 131 Å². The van der Waals surface area contributed by atoms with Gasteiger partial charge >= 0.3 is 5.97 Å². The number of ether oxygens (including phenoxy) is 1. The zero-order valence-corrected chi connectivity index (χ0v) is 13.3. The highest BCUT2D eigenvalue weighted by Crippen LogP contribution is 2.27. The van der Waals surface area contributed by atoms with Crippen molar-refractivity contribution in [3.63, 3.8) is 0 Å². The van der Waals surface area contributed by atoms with Gasteiger partial charge < -0.3 is 15.0 Å². The lowest BCUT2D eigenvalue weighted by atomic mass is 10.2. The predicted molar refractivity (Wildman–Crippen MR) is 84.8 cm³/mol. The maximum Gasteiger partial charge on any atom is 0.348 e. The van der Waals surface area contributed by atoms with Crippen molar-refractivity contribution in [3.05, 3.63) is 50.3 Å². The number of thiophene rings is 1. The van der Waals surface area contributed by atoms with Crippen LogP contribution in [0.5, 0.6) is 0 Å². The summed E-state index contributed by atoms with van der Waals surface area (Å²) < 4.78 is 4.95. The molecule has 0 saturated carbocycles. The van der Waals surface area contributed by atoms with Crippen LogP contribution in [0.1, 0.15) is 38.2 Å². The molecule has 2 aromatic rings. The van der Waals surface area contributed by atoms with E-state index in [1.165, 1.54) is 12.3 Å². The first-order valence-corrected chi connectivity index (χ1v) is 7.52. The third kappa shape index (κ3) is 3.43. The molecule has 0 unspecified atom stereocenters. The number of rotatable bonds is 4. The van der Waals surface area contributed by atoms with Crippen LogP contribution < -0.4 is 10.7 Å². The van der Waals surface area contributed by atoms with Gasteiger partial charge in [-0.15, -0.1) is 11.3 Å². The predicted octanol–water partition coefficient (Wildman–Crippen LogP) is 2.48. The Morgan fingerprint density at radius 2 is 2.05 bits per heavy atom. The Morgan fingerprint density at radius 1 is 1.32 bits per heavy atom. The topological polar surface area (TPSA) is 88.3 Å². The van der Waals surface area contributed by atoms with Gasteiger partial charge in [0.05, 0.1) is 11.6 Å².